The first kappa shape index (κ1) is 13.1. The van der Waals surface area contributed by atoms with Crippen LogP contribution in [0.5, 0.6) is 0 Å². The number of aryl methyl sites for hydroxylation is 1. The fraction of sp³-hybridized carbons (Fsp3) is 0.571. The summed E-state index contributed by atoms with van der Waals surface area (Å²) in [6, 6.07) is 3.85. The molecule has 1 aromatic rings. The molecule has 2 rings (SSSR count). The predicted molar refractivity (Wildman–Crippen MR) is 72.5 cm³/mol. The van der Waals surface area contributed by atoms with Gasteiger partial charge < -0.3 is 5.32 Å². The van der Waals surface area contributed by atoms with Gasteiger partial charge in [-0.15, -0.1) is 11.3 Å². The molecule has 1 unspecified atom stereocenters. The zero-order chi connectivity index (χ0) is 13.0. The number of hydrogen-bond acceptors (Lipinski definition) is 3. The van der Waals surface area contributed by atoms with Gasteiger partial charge in [-0.3, -0.25) is 4.79 Å². The van der Waals surface area contributed by atoms with E-state index in [4.69, 9.17) is 0 Å². The quantitative estimate of drug-likeness (QED) is 0.909. The maximum absolute atomic E-state index is 12.1. The zero-order valence-electron chi connectivity index (χ0n) is 10.6. The summed E-state index contributed by atoms with van der Waals surface area (Å²) < 4.78 is 0. The largest absolute Gasteiger partial charge is 0.335 e. The van der Waals surface area contributed by atoms with E-state index in [1.54, 1.807) is 0 Å². The highest BCUT2D eigenvalue weighted by atomic mass is 32.1. The third kappa shape index (κ3) is 2.91. The van der Waals surface area contributed by atoms with Gasteiger partial charge in [0, 0.05) is 0 Å². The average Bonchev–Trinajstić information content (AvgIpc) is 2.83. The highest BCUT2D eigenvalue weighted by Crippen LogP contribution is 2.26. The molecule has 0 bridgehead atoms. The highest BCUT2D eigenvalue weighted by molar-refractivity contribution is 7.12. The SMILES string of the molecule is Cc1ccsc1C(=O)NC(C#N)C1CCCCC1. The third-order valence-corrected chi connectivity index (χ3v) is 4.63. The van der Waals surface area contributed by atoms with Gasteiger partial charge in [0.1, 0.15) is 6.04 Å². The van der Waals surface area contributed by atoms with Gasteiger partial charge in [0.15, 0.2) is 0 Å². The second-order valence-electron chi connectivity index (χ2n) is 4.91. The molecule has 1 amide bonds. The Balaban J connectivity index is 2.00. The number of nitriles is 1. The van der Waals surface area contributed by atoms with Gasteiger partial charge in [0.2, 0.25) is 0 Å². The molecule has 0 saturated heterocycles. The van der Waals surface area contributed by atoms with Crippen LogP contribution in [0, 0.1) is 24.2 Å². The lowest BCUT2D eigenvalue weighted by atomic mass is 9.84. The molecule has 1 aliphatic carbocycles. The van der Waals surface area contributed by atoms with E-state index in [1.807, 2.05) is 18.4 Å². The van der Waals surface area contributed by atoms with Crippen LogP contribution in [0.1, 0.15) is 47.3 Å². The minimum atomic E-state index is -0.334. The van der Waals surface area contributed by atoms with Gasteiger partial charge in [-0.05, 0) is 42.7 Å². The molecular weight excluding hydrogens is 244 g/mol. The zero-order valence-corrected chi connectivity index (χ0v) is 11.4. The first-order valence-electron chi connectivity index (χ1n) is 6.47. The van der Waals surface area contributed by atoms with Gasteiger partial charge in [0.25, 0.3) is 5.91 Å². The minimum absolute atomic E-state index is 0.0976. The molecule has 0 aromatic carbocycles. The first-order chi connectivity index (χ1) is 8.72. The molecule has 1 aromatic heterocycles. The first-order valence-corrected chi connectivity index (χ1v) is 7.35. The van der Waals surface area contributed by atoms with Crippen molar-refractivity contribution < 1.29 is 4.79 Å². The fourth-order valence-electron chi connectivity index (χ4n) is 2.54. The number of thiophene rings is 1. The van der Waals surface area contributed by atoms with E-state index < -0.39 is 0 Å². The highest BCUT2D eigenvalue weighted by Gasteiger charge is 2.25. The number of nitrogens with one attached hydrogen (secondary N) is 1. The molecule has 1 aliphatic rings. The summed E-state index contributed by atoms with van der Waals surface area (Å²) in [5.74, 6) is 0.229. The van der Waals surface area contributed by atoms with Crippen LogP contribution in [0.15, 0.2) is 11.4 Å². The van der Waals surface area contributed by atoms with Gasteiger partial charge >= 0.3 is 0 Å². The van der Waals surface area contributed by atoms with Crippen LogP contribution in [0.3, 0.4) is 0 Å². The summed E-state index contributed by atoms with van der Waals surface area (Å²) in [4.78, 5) is 12.8. The summed E-state index contributed by atoms with van der Waals surface area (Å²) in [5, 5.41) is 14.0. The fourth-order valence-corrected chi connectivity index (χ4v) is 3.36. The Kier molecular flexibility index (Phi) is 4.38. The number of carbonyl (C=O) groups is 1. The molecule has 0 spiro atoms. The van der Waals surface area contributed by atoms with Crippen molar-refractivity contribution in [3.8, 4) is 6.07 Å². The lowest BCUT2D eigenvalue weighted by Crippen LogP contribution is -2.40. The minimum Gasteiger partial charge on any atom is -0.335 e. The van der Waals surface area contributed by atoms with Crippen molar-refractivity contribution >= 4 is 17.2 Å². The topological polar surface area (TPSA) is 52.9 Å². The van der Waals surface area contributed by atoms with Crippen LogP contribution in [0.2, 0.25) is 0 Å². The van der Waals surface area contributed by atoms with Crippen molar-refractivity contribution in [1.82, 2.24) is 5.32 Å². The van der Waals surface area contributed by atoms with E-state index in [0.717, 1.165) is 23.3 Å². The second kappa shape index (κ2) is 6.01. The number of rotatable bonds is 3. The molecule has 3 nitrogen and oxygen atoms in total. The molecule has 1 N–H and O–H groups in total. The van der Waals surface area contributed by atoms with Crippen molar-refractivity contribution in [3.05, 3.63) is 21.9 Å². The summed E-state index contributed by atoms with van der Waals surface area (Å²) >= 11 is 1.44. The molecule has 96 valence electrons. The van der Waals surface area contributed by atoms with E-state index in [-0.39, 0.29) is 11.9 Å². The molecule has 4 heteroatoms. The molecule has 1 fully saturated rings. The monoisotopic (exact) mass is 262 g/mol. The maximum Gasteiger partial charge on any atom is 0.262 e. The lowest BCUT2D eigenvalue weighted by Gasteiger charge is -2.26. The summed E-state index contributed by atoms with van der Waals surface area (Å²) in [7, 11) is 0. The lowest BCUT2D eigenvalue weighted by molar-refractivity contribution is 0.0932. The predicted octanol–water partition coefficient (Wildman–Crippen LogP) is 3.26. The molecule has 1 heterocycles. The molecule has 1 saturated carbocycles. The van der Waals surface area contributed by atoms with E-state index in [2.05, 4.69) is 11.4 Å². The van der Waals surface area contributed by atoms with E-state index in [1.165, 1.54) is 30.6 Å². The molecular formula is C14H18N2OS. The molecule has 1 atom stereocenters. The molecule has 0 aliphatic heterocycles. The average molecular weight is 262 g/mol. The Labute approximate surface area is 112 Å². The van der Waals surface area contributed by atoms with Gasteiger partial charge in [-0.2, -0.15) is 5.26 Å². The van der Waals surface area contributed by atoms with Gasteiger partial charge in [-0.25, -0.2) is 0 Å². The standard InChI is InChI=1S/C14H18N2OS/c1-10-7-8-18-13(10)14(17)16-12(9-15)11-5-3-2-4-6-11/h7-8,11-12H,2-6H2,1H3,(H,16,17). The van der Waals surface area contributed by atoms with E-state index in [0.29, 0.717) is 5.92 Å². The Morgan fingerprint density at radius 2 is 2.22 bits per heavy atom. The van der Waals surface area contributed by atoms with E-state index >= 15 is 0 Å². The third-order valence-electron chi connectivity index (χ3n) is 3.62. The van der Waals surface area contributed by atoms with Crippen molar-refractivity contribution in [1.29, 1.82) is 5.26 Å². The smallest absolute Gasteiger partial charge is 0.262 e. The Bertz CT molecular complexity index is 455. The molecule has 0 radical (unpaired) electrons. The van der Waals surface area contributed by atoms with Crippen LogP contribution in [-0.2, 0) is 0 Å². The maximum atomic E-state index is 12.1. The van der Waals surface area contributed by atoms with Crippen LogP contribution in [-0.4, -0.2) is 11.9 Å². The number of nitrogens with zero attached hydrogens (tertiary/aromatic N) is 1. The normalized spacial score (nSPS) is 18.0. The van der Waals surface area contributed by atoms with Crippen LogP contribution < -0.4 is 5.32 Å². The Morgan fingerprint density at radius 3 is 2.78 bits per heavy atom. The van der Waals surface area contributed by atoms with Crippen molar-refractivity contribution in [2.24, 2.45) is 5.92 Å². The molecule has 18 heavy (non-hydrogen) atoms. The van der Waals surface area contributed by atoms with Crippen LogP contribution in [0.4, 0.5) is 0 Å². The summed E-state index contributed by atoms with van der Waals surface area (Å²) in [6.45, 7) is 1.92. The number of carbonyl (C=O) groups excluding carboxylic acids is 1. The Hall–Kier alpha value is -1.34. The van der Waals surface area contributed by atoms with Crippen LogP contribution in [0.25, 0.3) is 0 Å². The number of amides is 1. The Morgan fingerprint density at radius 1 is 1.50 bits per heavy atom. The van der Waals surface area contributed by atoms with Crippen molar-refractivity contribution in [2.45, 2.75) is 45.1 Å². The van der Waals surface area contributed by atoms with Gasteiger partial charge in [-0.1, -0.05) is 19.3 Å². The summed E-state index contributed by atoms with van der Waals surface area (Å²) in [5.41, 5.74) is 0.984. The van der Waals surface area contributed by atoms with E-state index in [9.17, 15) is 10.1 Å². The van der Waals surface area contributed by atoms with Crippen molar-refractivity contribution in [3.63, 3.8) is 0 Å². The summed E-state index contributed by atoms with van der Waals surface area (Å²) in [6.07, 6.45) is 5.73. The van der Waals surface area contributed by atoms with Gasteiger partial charge in [0.05, 0.1) is 10.9 Å². The second-order valence-corrected chi connectivity index (χ2v) is 5.83. The number of hydrogen-bond donors (Lipinski definition) is 1. The van der Waals surface area contributed by atoms with Crippen molar-refractivity contribution in [2.75, 3.05) is 0 Å². The van der Waals surface area contributed by atoms with Crippen LogP contribution >= 0.6 is 11.3 Å².